The predicted octanol–water partition coefficient (Wildman–Crippen LogP) is 4.19. The van der Waals surface area contributed by atoms with Crippen molar-refractivity contribution < 1.29 is 13.9 Å². The standard InChI is InChI=1S/C18H20FNO2S2/c19-14-3-5-16(6-4-14)24-13-18(21)20(12-17-2-1-11-23-17)15-7-9-22-10-8-15/h1-6,11,15H,7-10,12-13H2. The first-order valence-corrected chi connectivity index (χ1v) is 9.87. The molecule has 1 fully saturated rings. The smallest absolute Gasteiger partial charge is 0.233 e. The van der Waals surface area contributed by atoms with Crippen LogP contribution in [-0.4, -0.2) is 35.8 Å². The van der Waals surface area contributed by atoms with E-state index in [4.69, 9.17) is 4.74 Å². The summed E-state index contributed by atoms with van der Waals surface area (Å²) in [6, 6.07) is 10.6. The van der Waals surface area contributed by atoms with Gasteiger partial charge < -0.3 is 9.64 Å². The van der Waals surface area contributed by atoms with Crippen LogP contribution in [0.5, 0.6) is 0 Å². The number of carbonyl (C=O) groups is 1. The highest BCUT2D eigenvalue weighted by Gasteiger charge is 2.26. The lowest BCUT2D eigenvalue weighted by Gasteiger charge is -2.34. The molecule has 128 valence electrons. The molecule has 24 heavy (non-hydrogen) atoms. The Bertz CT molecular complexity index is 640. The van der Waals surface area contributed by atoms with Crippen molar-refractivity contribution in [2.24, 2.45) is 0 Å². The average molecular weight is 365 g/mol. The molecule has 0 N–H and O–H groups in total. The summed E-state index contributed by atoms with van der Waals surface area (Å²) in [6.45, 7) is 2.08. The van der Waals surface area contributed by atoms with E-state index in [-0.39, 0.29) is 17.8 Å². The summed E-state index contributed by atoms with van der Waals surface area (Å²) in [5.41, 5.74) is 0. The highest BCUT2D eigenvalue weighted by Crippen LogP contribution is 2.23. The Labute approximate surface area is 149 Å². The second kappa shape index (κ2) is 8.65. The van der Waals surface area contributed by atoms with Gasteiger partial charge in [0.2, 0.25) is 5.91 Å². The third-order valence-electron chi connectivity index (χ3n) is 4.03. The number of amides is 1. The maximum Gasteiger partial charge on any atom is 0.233 e. The van der Waals surface area contributed by atoms with Gasteiger partial charge in [0.15, 0.2) is 0 Å². The maximum atomic E-state index is 13.0. The van der Waals surface area contributed by atoms with E-state index in [9.17, 15) is 9.18 Å². The monoisotopic (exact) mass is 365 g/mol. The number of ether oxygens (including phenoxy) is 1. The first kappa shape index (κ1) is 17.5. The quantitative estimate of drug-likeness (QED) is 0.719. The van der Waals surface area contributed by atoms with Crippen molar-refractivity contribution in [3.05, 3.63) is 52.5 Å². The number of thioether (sulfide) groups is 1. The number of hydrogen-bond acceptors (Lipinski definition) is 4. The molecule has 1 amide bonds. The van der Waals surface area contributed by atoms with Crippen LogP contribution in [0.15, 0.2) is 46.7 Å². The summed E-state index contributed by atoms with van der Waals surface area (Å²) in [4.78, 5) is 16.9. The van der Waals surface area contributed by atoms with Gasteiger partial charge in [-0.15, -0.1) is 23.1 Å². The van der Waals surface area contributed by atoms with Crippen molar-refractivity contribution in [2.75, 3.05) is 19.0 Å². The molecule has 6 heteroatoms. The van der Waals surface area contributed by atoms with Crippen molar-refractivity contribution in [1.29, 1.82) is 0 Å². The summed E-state index contributed by atoms with van der Waals surface area (Å²) >= 11 is 3.13. The minimum absolute atomic E-state index is 0.129. The first-order valence-electron chi connectivity index (χ1n) is 8.00. The summed E-state index contributed by atoms with van der Waals surface area (Å²) in [5, 5.41) is 2.04. The molecular weight excluding hydrogens is 345 g/mol. The molecule has 1 aromatic heterocycles. The van der Waals surface area contributed by atoms with E-state index >= 15 is 0 Å². The van der Waals surface area contributed by atoms with E-state index in [2.05, 4.69) is 6.07 Å². The van der Waals surface area contributed by atoms with Gasteiger partial charge in [-0.05, 0) is 48.6 Å². The molecule has 1 aliphatic rings. The van der Waals surface area contributed by atoms with E-state index in [0.29, 0.717) is 25.5 Å². The Morgan fingerprint density at radius 1 is 1.25 bits per heavy atom. The van der Waals surface area contributed by atoms with Crippen LogP contribution in [0.3, 0.4) is 0 Å². The van der Waals surface area contributed by atoms with E-state index < -0.39 is 0 Å². The van der Waals surface area contributed by atoms with Crippen LogP contribution in [0.4, 0.5) is 4.39 Å². The molecule has 3 rings (SSSR count). The van der Waals surface area contributed by atoms with Gasteiger partial charge in [-0.3, -0.25) is 4.79 Å². The van der Waals surface area contributed by atoms with Crippen LogP contribution in [0.25, 0.3) is 0 Å². The minimum Gasteiger partial charge on any atom is -0.381 e. The van der Waals surface area contributed by atoms with Crippen LogP contribution < -0.4 is 0 Å². The molecule has 0 aliphatic carbocycles. The molecule has 0 bridgehead atoms. The Morgan fingerprint density at radius 2 is 2.00 bits per heavy atom. The number of benzene rings is 1. The highest BCUT2D eigenvalue weighted by molar-refractivity contribution is 8.00. The lowest BCUT2D eigenvalue weighted by molar-refractivity contribution is -0.133. The Kier molecular flexibility index (Phi) is 6.29. The lowest BCUT2D eigenvalue weighted by atomic mass is 10.1. The summed E-state index contributed by atoms with van der Waals surface area (Å²) < 4.78 is 18.4. The zero-order chi connectivity index (χ0) is 16.8. The third kappa shape index (κ3) is 4.82. The van der Waals surface area contributed by atoms with Gasteiger partial charge in [-0.1, -0.05) is 6.07 Å². The Hall–Kier alpha value is -1.37. The van der Waals surface area contributed by atoms with Gasteiger partial charge in [0.25, 0.3) is 0 Å². The van der Waals surface area contributed by atoms with E-state index in [1.807, 2.05) is 16.3 Å². The second-order valence-electron chi connectivity index (χ2n) is 5.69. The molecule has 1 saturated heterocycles. The number of nitrogens with zero attached hydrogens (tertiary/aromatic N) is 1. The summed E-state index contributed by atoms with van der Waals surface area (Å²) in [7, 11) is 0. The normalized spacial score (nSPS) is 15.4. The van der Waals surface area contributed by atoms with Crippen LogP contribution in [0.1, 0.15) is 17.7 Å². The topological polar surface area (TPSA) is 29.5 Å². The van der Waals surface area contributed by atoms with Crippen molar-refractivity contribution in [1.82, 2.24) is 4.90 Å². The summed E-state index contributed by atoms with van der Waals surface area (Å²) in [5.74, 6) is 0.241. The Morgan fingerprint density at radius 3 is 2.67 bits per heavy atom. The minimum atomic E-state index is -0.257. The fourth-order valence-electron chi connectivity index (χ4n) is 2.75. The van der Waals surface area contributed by atoms with Gasteiger partial charge in [0.05, 0.1) is 12.3 Å². The number of hydrogen-bond donors (Lipinski definition) is 0. The molecule has 0 unspecified atom stereocenters. The largest absolute Gasteiger partial charge is 0.381 e. The van der Waals surface area contributed by atoms with Crippen LogP contribution in [0.2, 0.25) is 0 Å². The number of carbonyl (C=O) groups excluding carboxylic acids is 1. The molecule has 2 heterocycles. The van der Waals surface area contributed by atoms with Crippen molar-refractivity contribution >= 4 is 29.0 Å². The zero-order valence-electron chi connectivity index (χ0n) is 13.3. The average Bonchev–Trinajstić information content (AvgIpc) is 3.13. The molecule has 1 aliphatic heterocycles. The van der Waals surface area contributed by atoms with Crippen LogP contribution in [0, 0.1) is 5.82 Å². The van der Waals surface area contributed by atoms with Crippen LogP contribution in [-0.2, 0) is 16.1 Å². The summed E-state index contributed by atoms with van der Waals surface area (Å²) in [6.07, 6.45) is 1.77. The highest BCUT2D eigenvalue weighted by atomic mass is 32.2. The van der Waals surface area contributed by atoms with Crippen molar-refractivity contribution in [3.8, 4) is 0 Å². The van der Waals surface area contributed by atoms with Gasteiger partial charge in [0, 0.05) is 29.0 Å². The molecular formula is C18H20FNO2S2. The number of thiophene rings is 1. The molecule has 0 radical (unpaired) electrons. The van der Waals surface area contributed by atoms with Crippen molar-refractivity contribution in [3.63, 3.8) is 0 Å². The fraction of sp³-hybridized carbons (Fsp3) is 0.389. The van der Waals surface area contributed by atoms with Crippen molar-refractivity contribution in [2.45, 2.75) is 30.3 Å². The maximum absolute atomic E-state index is 13.0. The van der Waals surface area contributed by atoms with Gasteiger partial charge in [-0.25, -0.2) is 4.39 Å². The van der Waals surface area contributed by atoms with Gasteiger partial charge in [-0.2, -0.15) is 0 Å². The molecule has 0 saturated carbocycles. The zero-order valence-corrected chi connectivity index (χ0v) is 15.0. The van der Waals surface area contributed by atoms with Gasteiger partial charge in [0.1, 0.15) is 5.82 Å². The lowest BCUT2D eigenvalue weighted by Crippen LogP contribution is -2.43. The first-order chi connectivity index (χ1) is 11.7. The predicted molar refractivity (Wildman–Crippen MR) is 95.8 cm³/mol. The number of rotatable bonds is 6. The van der Waals surface area contributed by atoms with E-state index in [0.717, 1.165) is 17.7 Å². The second-order valence-corrected chi connectivity index (χ2v) is 7.77. The van der Waals surface area contributed by atoms with E-state index in [1.165, 1.54) is 28.8 Å². The molecule has 0 atom stereocenters. The SMILES string of the molecule is O=C(CSc1ccc(F)cc1)N(Cc1cccs1)C1CCOCC1. The van der Waals surface area contributed by atoms with Gasteiger partial charge >= 0.3 is 0 Å². The Balaban J connectivity index is 1.64. The van der Waals surface area contributed by atoms with Crippen LogP contribution >= 0.6 is 23.1 Å². The van der Waals surface area contributed by atoms with E-state index in [1.54, 1.807) is 23.5 Å². The molecule has 3 nitrogen and oxygen atoms in total. The number of halogens is 1. The molecule has 1 aromatic carbocycles. The fourth-order valence-corrected chi connectivity index (χ4v) is 4.23. The molecule has 0 spiro atoms. The third-order valence-corrected chi connectivity index (χ3v) is 5.89. The molecule has 2 aromatic rings.